The topological polar surface area (TPSA) is 34.6 Å². The normalized spacial score (nSPS) is 13.0. The highest BCUT2D eigenvalue weighted by molar-refractivity contribution is 5.50. The number of fused-ring (bicyclic) bond motifs is 2. The van der Waals surface area contributed by atoms with Gasteiger partial charge in [0.1, 0.15) is 22.9 Å². The van der Waals surface area contributed by atoms with E-state index in [-0.39, 0.29) is 17.6 Å². The maximum absolute atomic E-state index is 13.7. The van der Waals surface area contributed by atoms with Gasteiger partial charge in [0.15, 0.2) is 0 Å². The van der Waals surface area contributed by atoms with Crippen molar-refractivity contribution in [1.82, 2.24) is 18.8 Å². The van der Waals surface area contributed by atoms with Crippen LogP contribution in [0.4, 0.5) is 8.78 Å². The molecule has 0 aliphatic rings. The van der Waals surface area contributed by atoms with Crippen molar-refractivity contribution in [2.45, 2.75) is 33.1 Å². The minimum atomic E-state index is -0.254. The van der Waals surface area contributed by atoms with Gasteiger partial charge in [-0.1, -0.05) is 6.92 Å². The summed E-state index contributed by atoms with van der Waals surface area (Å²) < 4.78 is 31.1. The molecule has 0 radical (unpaired) electrons. The van der Waals surface area contributed by atoms with Crippen LogP contribution in [-0.4, -0.2) is 18.8 Å². The van der Waals surface area contributed by atoms with Gasteiger partial charge in [-0.3, -0.25) is 0 Å². The molecule has 25 heavy (non-hydrogen) atoms. The summed E-state index contributed by atoms with van der Waals surface area (Å²) in [6, 6.07) is 2.88. The van der Waals surface area contributed by atoms with E-state index in [1.54, 1.807) is 26.2 Å². The molecule has 0 aromatic carbocycles. The summed E-state index contributed by atoms with van der Waals surface area (Å²) in [5, 5.41) is 0. The summed E-state index contributed by atoms with van der Waals surface area (Å²) >= 11 is 0. The maximum Gasteiger partial charge on any atom is 0.142 e. The molecule has 4 heterocycles. The number of hydrogen-bond donors (Lipinski definition) is 0. The van der Waals surface area contributed by atoms with Gasteiger partial charge < -0.3 is 8.80 Å². The van der Waals surface area contributed by atoms with Crippen LogP contribution in [0.15, 0.2) is 36.9 Å². The summed E-state index contributed by atoms with van der Waals surface area (Å²) in [6.45, 7) is 5.51. The Kier molecular flexibility index (Phi) is 3.56. The first kappa shape index (κ1) is 15.7. The molecule has 0 N–H and O–H groups in total. The van der Waals surface area contributed by atoms with Crippen LogP contribution in [0, 0.1) is 25.5 Å². The Bertz CT molecular complexity index is 1090. The van der Waals surface area contributed by atoms with Crippen molar-refractivity contribution in [3.8, 4) is 0 Å². The average molecular weight is 340 g/mol. The first-order chi connectivity index (χ1) is 11.9. The number of imidazole rings is 2. The highest BCUT2D eigenvalue weighted by Gasteiger charge is 2.16. The highest BCUT2D eigenvalue weighted by atomic mass is 19.1. The fraction of sp³-hybridized carbons (Fsp3) is 0.263. The van der Waals surface area contributed by atoms with Crippen molar-refractivity contribution in [2.24, 2.45) is 0 Å². The SMILES string of the molecule is Cc1c(F)ccn2cc(CC(C)c3cn4ccc(F)c(C)c4n3)nc12. The fourth-order valence-electron chi connectivity index (χ4n) is 3.15. The van der Waals surface area contributed by atoms with Crippen molar-refractivity contribution >= 4 is 11.3 Å². The lowest BCUT2D eigenvalue weighted by Gasteiger charge is -2.05. The predicted molar refractivity (Wildman–Crippen MR) is 91.9 cm³/mol. The number of pyridine rings is 2. The van der Waals surface area contributed by atoms with Gasteiger partial charge in [0.05, 0.1) is 11.4 Å². The van der Waals surface area contributed by atoms with Crippen LogP contribution >= 0.6 is 0 Å². The number of hydrogen-bond acceptors (Lipinski definition) is 2. The van der Waals surface area contributed by atoms with Gasteiger partial charge in [-0.05, 0) is 32.4 Å². The van der Waals surface area contributed by atoms with Crippen LogP contribution in [0.1, 0.15) is 35.4 Å². The Hall–Kier alpha value is -2.76. The number of aromatic nitrogens is 4. The molecule has 4 aromatic heterocycles. The first-order valence-corrected chi connectivity index (χ1v) is 8.20. The number of aryl methyl sites for hydroxylation is 2. The molecule has 6 heteroatoms. The highest BCUT2D eigenvalue weighted by Crippen LogP contribution is 2.23. The minimum Gasteiger partial charge on any atom is -0.306 e. The van der Waals surface area contributed by atoms with Crippen LogP contribution in [-0.2, 0) is 6.42 Å². The zero-order chi connectivity index (χ0) is 17.7. The molecule has 0 fully saturated rings. The van der Waals surface area contributed by atoms with E-state index in [2.05, 4.69) is 16.9 Å². The van der Waals surface area contributed by atoms with Crippen molar-refractivity contribution in [2.75, 3.05) is 0 Å². The van der Waals surface area contributed by atoms with E-state index in [9.17, 15) is 8.78 Å². The molecule has 0 spiro atoms. The molecule has 0 amide bonds. The van der Waals surface area contributed by atoms with Crippen LogP contribution in [0.2, 0.25) is 0 Å². The monoisotopic (exact) mass is 340 g/mol. The predicted octanol–water partition coefficient (Wildman–Crippen LogP) is 4.22. The quantitative estimate of drug-likeness (QED) is 0.559. The summed E-state index contributed by atoms with van der Waals surface area (Å²) in [5.41, 5.74) is 4.11. The molecule has 0 bridgehead atoms. The van der Waals surface area contributed by atoms with E-state index >= 15 is 0 Å². The Labute approximate surface area is 143 Å². The largest absolute Gasteiger partial charge is 0.306 e. The van der Waals surface area contributed by atoms with Gasteiger partial charge >= 0.3 is 0 Å². The van der Waals surface area contributed by atoms with E-state index in [4.69, 9.17) is 0 Å². The lowest BCUT2D eigenvalue weighted by molar-refractivity contribution is 0.616. The zero-order valence-electron chi connectivity index (χ0n) is 14.3. The van der Waals surface area contributed by atoms with Gasteiger partial charge in [0, 0.05) is 41.8 Å². The molecule has 0 aliphatic carbocycles. The second kappa shape index (κ2) is 5.65. The Morgan fingerprint density at radius 1 is 0.920 bits per heavy atom. The molecule has 0 saturated heterocycles. The molecular formula is C19H18F2N4. The molecular weight excluding hydrogens is 322 g/mol. The van der Waals surface area contributed by atoms with E-state index < -0.39 is 0 Å². The lowest BCUT2D eigenvalue weighted by Crippen LogP contribution is -1.99. The summed E-state index contributed by atoms with van der Waals surface area (Å²) in [7, 11) is 0. The van der Waals surface area contributed by atoms with E-state index in [1.165, 1.54) is 12.1 Å². The molecule has 0 aliphatic heterocycles. The second-order valence-corrected chi connectivity index (χ2v) is 6.54. The minimum absolute atomic E-state index is 0.109. The van der Waals surface area contributed by atoms with Gasteiger partial charge in [0.2, 0.25) is 0 Å². The Morgan fingerprint density at radius 2 is 1.48 bits per heavy atom. The average Bonchev–Trinajstić information content (AvgIpc) is 3.19. The van der Waals surface area contributed by atoms with Crippen LogP contribution < -0.4 is 0 Å². The van der Waals surface area contributed by atoms with Gasteiger partial charge in [-0.15, -0.1) is 0 Å². The molecule has 0 saturated carbocycles. The fourth-order valence-corrected chi connectivity index (χ4v) is 3.15. The molecule has 1 atom stereocenters. The molecule has 4 nitrogen and oxygen atoms in total. The van der Waals surface area contributed by atoms with Crippen LogP contribution in [0.5, 0.6) is 0 Å². The van der Waals surface area contributed by atoms with Gasteiger partial charge in [-0.2, -0.15) is 0 Å². The standard InChI is InChI=1S/C19H18F2N4/c1-11(17-10-25-7-5-16(21)13(3)19(25)23-17)8-14-9-24-6-4-15(20)12(2)18(24)22-14/h4-7,9-11H,8H2,1-3H3. The van der Waals surface area contributed by atoms with Gasteiger partial charge in [-0.25, -0.2) is 18.7 Å². The van der Waals surface area contributed by atoms with E-state index in [0.29, 0.717) is 28.8 Å². The third-order valence-electron chi connectivity index (χ3n) is 4.70. The Morgan fingerprint density at radius 3 is 2.12 bits per heavy atom. The van der Waals surface area contributed by atoms with E-state index in [0.717, 1.165) is 11.4 Å². The van der Waals surface area contributed by atoms with Crippen molar-refractivity contribution in [3.05, 3.63) is 71.1 Å². The van der Waals surface area contributed by atoms with Crippen molar-refractivity contribution in [1.29, 1.82) is 0 Å². The van der Waals surface area contributed by atoms with Gasteiger partial charge in [0.25, 0.3) is 0 Å². The summed E-state index contributed by atoms with van der Waals surface area (Å²) in [6.07, 6.45) is 7.87. The molecule has 4 rings (SSSR count). The third kappa shape index (κ3) is 2.58. The third-order valence-corrected chi connectivity index (χ3v) is 4.70. The molecule has 128 valence electrons. The smallest absolute Gasteiger partial charge is 0.142 e. The van der Waals surface area contributed by atoms with Crippen molar-refractivity contribution < 1.29 is 8.78 Å². The lowest BCUT2D eigenvalue weighted by atomic mass is 10.0. The van der Waals surface area contributed by atoms with Crippen LogP contribution in [0.25, 0.3) is 11.3 Å². The molecule has 4 aromatic rings. The zero-order valence-corrected chi connectivity index (χ0v) is 14.3. The summed E-state index contributed by atoms with van der Waals surface area (Å²) in [4.78, 5) is 9.14. The maximum atomic E-state index is 13.7. The van der Waals surface area contributed by atoms with Crippen molar-refractivity contribution in [3.63, 3.8) is 0 Å². The number of rotatable bonds is 3. The Balaban J connectivity index is 1.67. The van der Waals surface area contributed by atoms with E-state index in [1.807, 2.05) is 21.2 Å². The molecule has 1 unspecified atom stereocenters. The number of nitrogens with zero attached hydrogens (tertiary/aromatic N) is 4. The number of halogens is 2. The second-order valence-electron chi connectivity index (χ2n) is 6.54. The first-order valence-electron chi connectivity index (χ1n) is 8.20. The summed E-state index contributed by atoms with van der Waals surface area (Å²) in [5.74, 6) is -0.400. The van der Waals surface area contributed by atoms with Crippen LogP contribution in [0.3, 0.4) is 0 Å².